The molecule has 144 valence electrons. The highest BCUT2D eigenvalue weighted by atomic mass is 16.5. The van der Waals surface area contributed by atoms with E-state index in [4.69, 9.17) is 9.47 Å². The Bertz CT molecular complexity index is 774. The first-order valence-electron chi connectivity index (χ1n) is 8.58. The summed E-state index contributed by atoms with van der Waals surface area (Å²) < 4.78 is 10.4. The third kappa shape index (κ3) is 6.22. The fraction of sp³-hybridized carbons (Fsp3) is 0.300. The summed E-state index contributed by atoms with van der Waals surface area (Å²) in [5, 5.41) is 14.4. The Balaban J connectivity index is 1.71. The number of methoxy groups -OCH3 is 2. The van der Waals surface area contributed by atoms with Crippen LogP contribution in [0.5, 0.6) is 17.2 Å². The van der Waals surface area contributed by atoms with Gasteiger partial charge in [0.2, 0.25) is 0 Å². The minimum absolute atomic E-state index is 0.191. The van der Waals surface area contributed by atoms with Gasteiger partial charge in [0.1, 0.15) is 5.75 Å². The maximum absolute atomic E-state index is 11.8. The Morgan fingerprint density at radius 2 is 1.33 bits per heavy atom. The fourth-order valence-electron chi connectivity index (χ4n) is 2.50. The molecule has 0 bridgehead atoms. The normalized spacial score (nSPS) is 10.1. The van der Waals surface area contributed by atoms with Gasteiger partial charge >= 0.3 is 11.8 Å². The predicted molar refractivity (Wildman–Crippen MR) is 101 cm³/mol. The van der Waals surface area contributed by atoms with Crippen LogP contribution in [-0.2, 0) is 22.4 Å². The number of carbonyl (C=O) groups is 2. The van der Waals surface area contributed by atoms with E-state index in [2.05, 4.69) is 10.6 Å². The molecule has 0 unspecified atom stereocenters. The molecule has 2 amide bonds. The van der Waals surface area contributed by atoms with Crippen LogP contribution in [0, 0.1) is 0 Å². The van der Waals surface area contributed by atoms with Gasteiger partial charge in [-0.05, 0) is 48.2 Å². The lowest BCUT2D eigenvalue weighted by molar-refractivity contribution is -0.139. The molecule has 0 saturated carbocycles. The number of benzene rings is 2. The van der Waals surface area contributed by atoms with Gasteiger partial charge in [0.15, 0.2) is 11.5 Å². The van der Waals surface area contributed by atoms with E-state index in [0.29, 0.717) is 37.4 Å². The van der Waals surface area contributed by atoms with Crippen molar-refractivity contribution in [1.82, 2.24) is 10.6 Å². The smallest absolute Gasteiger partial charge is 0.309 e. The van der Waals surface area contributed by atoms with Crippen molar-refractivity contribution < 1.29 is 24.2 Å². The summed E-state index contributed by atoms with van der Waals surface area (Å²) in [7, 11) is 3.13. The number of phenols is 1. The summed E-state index contributed by atoms with van der Waals surface area (Å²) in [6.45, 7) is 0.673. The van der Waals surface area contributed by atoms with Crippen LogP contribution in [0.25, 0.3) is 0 Å². The van der Waals surface area contributed by atoms with Crippen molar-refractivity contribution >= 4 is 11.8 Å². The van der Waals surface area contributed by atoms with Crippen LogP contribution in [0.15, 0.2) is 42.5 Å². The minimum atomic E-state index is -0.666. The van der Waals surface area contributed by atoms with E-state index in [-0.39, 0.29) is 5.75 Å². The molecule has 0 aliphatic rings. The fourth-order valence-corrected chi connectivity index (χ4v) is 2.50. The molecule has 0 saturated heterocycles. The number of ether oxygens (including phenoxy) is 2. The van der Waals surface area contributed by atoms with E-state index < -0.39 is 11.8 Å². The lowest BCUT2D eigenvalue weighted by Gasteiger charge is -2.10. The minimum Gasteiger partial charge on any atom is -0.508 e. The second-order valence-electron chi connectivity index (χ2n) is 5.87. The van der Waals surface area contributed by atoms with E-state index in [9.17, 15) is 14.7 Å². The van der Waals surface area contributed by atoms with Gasteiger partial charge in [-0.15, -0.1) is 0 Å². The van der Waals surface area contributed by atoms with Crippen molar-refractivity contribution in [3.8, 4) is 17.2 Å². The molecule has 7 nitrogen and oxygen atoms in total. The number of nitrogens with one attached hydrogen (secondary N) is 2. The summed E-state index contributed by atoms with van der Waals surface area (Å²) in [6.07, 6.45) is 1.14. The van der Waals surface area contributed by atoms with Crippen LogP contribution < -0.4 is 20.1 Å². The van der Waals surface area contributed by atoms with E-state index in [1.165, 1.54) is 0 Å². The van der Waals surface area contributed by atoms with Gasteiger partial charge < -0.3 is 25.2 Å². The highest BCUT2D eigenvalue weighted by Crippen LogP contribution is 2.27. The van der Waals surface area contributed by atoms with Crippen molar-refractivity contribution in [2.24, 2.45) is 0 Å². The third-order valence-electron chi connectivity index (χ3n) is 3.99. The summed E-state index contributed by atoms with van der Waals surface area (Å²) in [6, 6.07) is 12.2. The number of hydrogen-bond acceptors (Lipinski definition) is 5. The summed E-state index contributed by atoms with van der Waals surface area (Å²) in [5.74, 6) is 0.116. The summed E-state index contributed by atoms with van der Waals surface area (Å²) >= 11 is 0. The summed E-state index contributed by atoms with van der Waals surface area (Å²) in [5.41, 5.74) is 1.92. The largest absolute Gasteiger partial charge is 0.508 e. The quantitative estimate of drug-likeness (QED) is 0.609. The Labute approximate surface area is 158 Å². The number of amides is 2. The summed E-state index contributed by atoms with van der Waals surface area (Å²) in [4.78, 5) is 23.7. The van der Waals surface area contributed by atoms with Gasteiger partial charge in [0.25, 0.3) is 0 Å². The molecule has 0 atom stereocenters. The Morgan fingerprint density at radius 1 is 0.815 bits per heavy atom. The molecule has 0 aliphatic carbocycles. The third-order valence-corrected chi connectivity index (χ3v) is 3.99. The molecule has 0 spiro atoms. The van der Waals surface area contributed by atoms with Crippen molar-refractivity contribution in [3.63, 3.8) is 0 Å². The highest BCUT2D eigenvalue weighted by Gasteiger charge is 2.12. The molecule has 0 fully saturated rings. The zero-order chi connectivity index (χ0) is 19.6. The standard InChI is InChI=1S/C20H24N2O5/c1-26-17-8-5-15(13-18(17)27-2)10-12-22-20(25)19(24)21-11-9-14-3-6-16(23)7-4-14/h3-8,13,23H,9-12H2,1-2H3,(H,21,24)(H,22,25). The van der Waals surface area contributed by atoms with E-state index in [1.54, 1.807) is 44.6 Å². The molecule has 27 heavy (non-hydrogen) atoms. The van der Waals surface area contributed by atoms with Crippen LogP contribution in [0.2, 0.25) is 0 Å². The van der Waals surface area contributed by atoms with E-state index in [1.807, 2.05) is 12.1 Å². The Kier molecular flexibility index (Phi) is 7.49. The Morgan fingerprint density at radius 3 is 1.89 bits per heavy atom. The monoisotopic (exact) mass is 372 g/mol. The lowest BCUT2D eigenvalue weighted by Crippen LogP contribution is -2.41. The van der Waals surface area contributed by atoms with Crippen molar-refractivity contribution in [1.29, 1.82) is 0 Å². The van der Waals surface area contributed by atoms with Crippen LogP contribution in [0.1, 0.15) is 11.1 Å². The number of aromatic hydroxyl groups is 1. The van der Waals surface area contributed by atoms with Crippen molar-refractivity contribution in [2.45, 2.75) is 12.8 Å². The van der Waals surface area contributed by atoms with Gasteiger partial charge in [0.05, 0.1) is 14.2 Å². The molecule has 0 radical (unpaired) electrons. The number of phenolic OH excluding ortho intramolecular Hbond substituents is 1. The molecule has 0 heterocycles. The van der Waals surface area contributed by atoms with Crippen LogP contribution in [0.3, 0.4) is 0 Å². The van der Waals surface area contributed by atoms with Gasteiger partial charge in [-0.2, -0.15) is 0 Å². The maximum atomic E-state index is 11.8. The molecule has 2 aromatic carbocycles. The average Bonchev–Trinajstić information content (AvgIpc) is 2.69. The zero-order valence-corrected chi connectivity index (χ0v) is 15.5. The van der Waals surface area contributed by atoms with Gasteiger partial charge in [-0.1, -0.05) is 18.2 Å². The van der Waals surface area contributed by atoms with Gasteiger partial charge in [0, 0.05) is 13.1 Å². The molecular weight excluding hydrogens is 348 g/mol. The van der Waals surface area contributed by atoms with E-state index in [0.717, 1.165) is 11.1 Å². The average molecular weight is 372 g/mol. The second-order valence-corrected chi connectivity index (χ2v) is 5.87. The lowest BCUT2D eigenvalue weighted by atomic mass is 10.1. The SMILES string of the molecule is COc1ccc(CCNC(=O)C(=O)NCCc2ccc(O)cc2)cc1OC. The molecular formula is C20H24N2O5. The molecule has 2 rings (SSSR count). The second kappa shape index (κ2) is 10.1. The maximum Gasteiger partial charge on any atom is 0.309 e. The number of hydrogen-bond donors (Lipinski definition) is 3. The molecule has 0 aromatic heterocycles. The topological polar surface area (TPSA) is 96.9 Å². The van der Waals surface area contributed by atoms with E-state index >= 15 is 0 Å². The van der Waals surface area contributed by atoms with Crippen LogP contribution >= 0.6 is 0 Å². The first-order valence-corrected chi connectivity index (χ1v) is 8.58. The van der Waals surface area contributed by atoms with Crippen LogP contribution in [-0.4, -0.2) is 44.2 Å². The zero-order valence-electron chi connectivity index (χ0n) is 15.5. The molecule has 2 aromatic rings. The van der Waals surface area contributed by atoms with Crippen LogP contribution in [0.4, 0.5) is 0 Å². The van der Waals surface area contributed by atoms with Crippen molar-refractivity contribution in [3.05, 3.63) is 53.6 Å². The highest BCUT2D eigenvalue weighted by molar-refractivity contribution is 6.35. The first kappa shape index (κ1) is 20.1. The molecule has 3 N–H and O–H groups in total. The number of carbonyl (C=O) groups excluding carboxylic acids is 2. The molecule has 0 aliphatic heterocycles. The first-order chi connectivity index (χ1) is 13.0. The van der Waals surface area contributed by atoms with Gasteiger partial charge in [-0.3, -0.25) is 9.59 Å². The van der Waals surface area contributed by atoms with Gasteiger partial charge in [-0.25, -0.2) is 0 Å². The Hall–Kier alpha value is -3.22. The van der Waals surface area contributed by atoms with Crippen molar-refractivity contribution in [2.75, 3.05) is 27.3 Å². The molecule has 7 heteroatoms. The number of rotatable bonds is 8. The predicted octanol–water partition coefficient (Wildman–Crippen LogP) is 1.43.